The van der Waals surface area contributed by atoms with Crippen molar-refractivity contribution in [1.82, 2.24) is 0 Å². The first-order valence-electron chi connectivity index (χ1n) is 6.41. The van der Waals surface area contributed by atoms with Crippen LogP contribution in [0.4, 0.5) is 5.69 Å². The van der Waals surface area contributed by atoms with E-state index in [1.54, 1.807) is 32.4 Å². The first kappa shape index (κ1) is 13.5. The molecule has 1 atom stereocenters. The SMILES string of the molecule is COc1ccc(NC(=O)C[C@@H]2C=CCC2)c(OC)c1. The first-order valence-corrected chi connectivity index (χ1v) is 6.41. The third-order valence-electron chi connectivity index (χ3n) is 3.24. The zero-order valence-electron chi connectivity index (χ0n) is 11.3. The molecule has 1 aliphatic carbocycles. The van der Waals surface area contributed by atoms with E-state index in [9.17, 15) is 4.79 Å². The standard InChI is InChI=1S/C15H19NO3/c1-18-12-7-8-13(14(10-12)19-2)16-15(17)9-11-5-3-4-6-11/h3,5,7-8,10-11H,4,6,9H2,1-2H3,(H,16,17)/t11-/m1/s1. The molecule has 4 nitrogen and oxygen atoms in total. The van der Waals surface area contributed by atoms with Crippen LogP contribution in [0.25, 0.3) is 0 Å². The molecule has 102 valence electrons. The number of allylic oxidation sites excluding steroid dienone is 2. The molecule has 0 spiro atoms. The van der Waals surface area contributed by atoms with Crippen molar-refractivity contribution in [3.8, 4) is 11.5 Å². The zero-order chi connectivity index (χ0) is 13.7. The summed E-state index contributed by atoms with van der Waals surface area (Å²) in [5.74, 6) is 1.69. The first-order chi connectivity index (χ1) is 9.22. The molecule has 1 N–H and O–H groups in total. The number of methoxy groups -OCH3 is 2. The largest absolute Gasteiger partial charge is 0.497 e. The number of nitrogens with one attached hydrogen (secondary N) is 1. The van der Waals surface area contributed by atoms with Gasteiger partial charge in [-0.2, -0.15) is 0 Å². The van der Waals surface area contributed by atoms with Gasteiger partial charge in [-0.1, -0.05) is 12.2 Å². The average Bonchev–Trinajstić information content (AvgIpc) is 2.91. The van der Waals surface area contributed by atoms with Crippen molar-refractivity contribution < 1.29 is 14.3 Å². The summed E-state index contributed by atoms with van der Waals surface area (Å²) in [6, 6.07) is 5.35. The fraction of sp³-hybridized carbons (Fsp3) is 0.400. The maximum absolute atomic E-state index is 12.0. The van der Waals surface area contributed by atoms with Gasteiger partial charge in [0, 0.05) is 12.5 Å². The van der Waals surface area contributed by atoms with E-state index in [-0.39, 0.29) is 5.91 Å². The van der Waals surface area contributed by atoms with Crippen LogP contribution in [0.15, 0.2) is 30.4 Å². The Morgan fingerprint density at radius 2 is 2.21 bits per heavy atom. The van der Waals surface area contributed by atoms with Crippen LogP contribution >= 0.6 is 0 Å². The van der Waals surface area contributed by atoms with Gasteiger partial charge in [-0.15, -0.1) is 0 Å². The Morgan fingerprint density at radius 3 is 2.84 bits per heavy atom. The normalized spacial score (nSPS) is 17.3. The third kappa shape index (κ3) is 3.50. The van der Waals surface area contributed by atoms with Crippen LogP contribution in [0, 0.1) is 5.92 Å². The molecule has 1 amide bonds. The van der Waals surface area contributed by atoms with Crippen LogP contribution in [-0.4, -0.2) is 20.1 Å². The molecule has 19 heavy (non-hydrogen) atoms. The highest BCUT2D eigenvalue weighted by molar-refractivity contribution is 5.92. The number of anilines is 1. The summed E-state index contributed by atoms with van der Waals surface area (Å²) in [7, 11) is 3.17. The Bertz CT molecular complexity index is 482. The maximum atomic E-state index is 12.0. The lowest BCUT2D eigenvalue weighted by Crippen LogP contribution is -2.15. The Hall–Kier alpha value is -1.97. The minimum atomic E-state index is 0.0139. The predicted octanol–water partition coefficient (Wildman–Crippen LogP) is 3.00. The quantitative estimate of drug-likeness (QED) is 0.829. The van der Waals surface area contributed by atoms with Crippen molar-refractivity contribution in [1.29, 1.82) is 0 Å². The van der Waals surface area contributed by atoms with Crippen molar-refractivity contribution in [3.05, 3.63) is 30.4 Å². The minimum absolute atomic E-state index is 0.0139. The average molecular weight is 261 g/mol. The molecule has 0 saturated heterocycles. The van der Waals surface area contributed by atoms with Gasteiger partial charge in [-0.05, 0) is 30.9 Å². The Balaban J connectivity index is 2.01. The number of ether oxygens (including phenoxy) is 2. The molecule has 0 radical (unpaired) electrons. The van der Waals surface area contributed by atoms with Crippen molar-refractivity contribution in [2.24, 2.45) is 5.92 Å². The molecule has 0 fully saturated rings. The molecule has 0 heterocycles. The van der Waals surface area contributed by atoms with E-state index in [4.69, 9.17) is 9.47 Å². The van der Waals surface area contributed by atoms with Crippen LogP contribution < -0.4 is 14.8 Å². The summed E-state index contributed by atoms with van der Waals surface area (Å²) in [4.78, 5) is 12.0. The number of amides is 1. The van der Waals surface area contributed by atoms with Gasteiger partial charge in [0.15, 0.2) is 0 Å². The van der Waals surface area contributed by atoms with Gasteiger partial charge in [0.05, 0.1) is 19.9 Å². The molecule has 0 saturated carbocycles. The summed E-state index contributed by atoms with van der Waals surface area (Å²) < 4.78 is 10.4. The fourth-order valence-electron chi connectivity index (χ4n) is 2.21. The number of rotatable bonds is 5. The second-order valence-corrected chi connectivity index (χ2v) is 4.58. The summed E-state index contributed by atoms with van der Waals surface area (Å²) in [5, 5.41) is 2.89. The number of hydrogen-bond donors (Lipinski definition) is 1. The molecule has 0 bridgehead atoms. The molecule has 1 aromatic carbocycles. The second-order valence-electron chi connectivity index (χ2n) is 4.58. The summed E-state index contributed by atoms with van der Waals surface area (Å²) in [6.45, 7) is 0. The van der Waals surface area contributed by atoms with E-state index < -0.39 is 0 Å². The van der Waals surface area contributed by atoms with E-state index in [1.807, 2.05) is 0 Å². The molecule has 4 heteroatoms. The lowest BCUT2D eigenvalue weighted by atomic mass is 10.1. The topological polar surface area (TPSA) is 47.6 Å². The van der Waals surface area contributed by atoms with Gasteiger partial charge in [0.1, 0.15) is 11.5 Å². The number of carbonyl (C=O) groups is 1. The molecular formula is C15H19NO3. The van der Waals surface area contributed by atoms with E-state index in [0.29, 0.717) is 29.5 Å². The number of carbonyl (C=O) groups excluding carboxylic acids is 1. The zero-order valence-corrected chi connectivity index (χ0v) is 11.3. The van der Waals surface area contributed by atoms with Gasteiger partial charge < -0.3 is 14.8 Å². The molecule has 0 unspecified atom stereocenters. The van der Waals surface area contributed by atoms with E-state index in [1.165, 1.54) is 0 Å². The van der Waals surface area contributed by atoms with E-state index in [0.717, 1.165) is 12.8 Å². The maximum Gasteiger partial charge on any atom is 0.225 e. The Morgan fingerprint density at radius 1 is 1.37 bits per heavy atom. The second kappa shape index (κ2) is 6.27. The smallest absolute Gasteiger partial charge is 0.225 e. The highest BCUT2D eigenvalue weighted by Gasteiger charge is 2.15. The Kier molecular flexibility index (Phi) is 4.44. The monoisotopic (exact) mass is 261 g/mol. The van der Waals surface area contributed by atoms with Crippen LogP contribution in [-0.2, 0) is 4.79 Å². The predicted molar refractivity (Wildman–Crippen MR) is 74.7 cm³/mol. The van der Waals surface area contributed by atoms with Crippen LogP contribution in [0.2, 0.25) is 0 Å². The van der Waals surface area contributed by atoms with Crippen LogP contribution in [0.3, 0.4) is 0 Å². The highest BCUT2D eigenvalue weighted by Crippen LogP contribution is 2.29. The molecule has 2 rings (SSSR count). The van der Waals surface area contributed by atoms with E-state index >= 15 is 0 Å². The van der Waals surface area contributed by atoms with Gasteiger partial charge in [0.25, 0.3) is 0 Å². The van der Waals surface area contributed by atoms with Gasteiger partial charge >= 0.3 is 0 Å². The van der Waals surface area contributed by atoms with Gasteiger partial charge in [-0.3, -0.25) is 4.79 Å². The van der Waals surface area contributed by atoms with Crippen LogP contribution in [0.1, 0.15) is 19.3 Å². The number of benzene rings is 1. The van der Waals surface area contributed by atoms with Crippen molar-refractivity contribution >= 4 is 11.6 Å². The van der Waals surface area contributed by atoms with Crippen molar-refractivity contribution in [2.45, 2.75) is 19.3 Å². The molecule has 0 aromatic heterocycles. The third-order valence-corrected chi connectivity index (χ3v) is 3.24. The minimum Gasteiger partial charge on any atom is -0.497 e. The summed E-state index contributed by atoms with van der Waals surface area (Å²) in [5.41, 5.74) is 0.676. The fourth-order valence-corrected chi connectivity index (χ4v) is 2.21. The summed E-state index contributed by atoms with van der Waals surface area (Å²) in [6.07, 6.45) is 6.90. The summed E-state index contributed by atoms with van der Waals surface area (Å²) >= 11 is 0. The Labute approximate surface area is 113 Å². The highest BCUT2D eigenvalue weighted by atomic mass is 16.5. The van der Waals surface area contributed by atoms with Crippen LogP contribution in [0.5, 0.6) is 11.5 Å². The van der Waals surface area contributed by atoms with Crippen molar-refractivity contribution in [3.63, 3.8) is 0 Å². The molecule has 0 aliphatic heterocycles. The van der Waals surface area contributed by atoms with Gasteiger partial charge in [0.2, 0.25) is 5.91 Å². The molecular weight excluding hydrogens is 242 g/mol. The van der Waals surface area contributed by atoms with Gasteiger partial charge in [-0.25, -0.2) is 0 Å². The molecule has 1 aromatic rings. The lowest BCUT2D eigenvalue weighted by molar-refractivity contribution is -0.116. The number of hydrogen-bond acceptors (Lipinski definition) is 3. The lowest BCUT2D eigenvalue weighted by Gasteiger charge is -2.13. The van der Waals surface area contributed by atoms with E-state index in [2.05, 4.69) is 17.5 Å². The van der Waals surface area contributed by atoms with Crippen molar-refractivity contribution in [2.75, 3.05) is 19.5 Å². The molecule has 1 aliphatic rings.